The van der Waals surface area contributed by atoms with Crippen LogP contribution in [0.15, 0.2) is 33.2 Å². The van der Waals surface area contributed by atoms with E-state index in [0.29, 0.717) is 11.4 Å². The van der Waals surface area contributed by atoms with Crippen molar-refractivity contribution < 1.29 is 8.42 Å². The maximum atomic E-state index is 12.7. The normalized spacial score (nSPS) is 15.4. The lowest BCUT2D eigenvalue weighted by Gasteiger charge is -2.20. The van der Waals surface area contributed by atoms with E-state index in [1.165, 1.54) is 6.07 Å². The fraction of sp³-hybridized carbons (Fsp3) is 0.308. The Morgan fingerprint density at radius 2 is 2.15 bits per heavy atom. The van der Waals surface area contributed by atoms with Crippen molar-refractivity contribution in [3.63, 3.8) is 0 Å². The third-order valence-electron chi connectivity index (χ3n) is 3.13. The third-order valence-corrected chi connectivity index (χ3v) is 7.21. The van der Waals surface area contributed by atoms with Crippen LogP contribution in [0.5, 0.6) is 0 Å². The molecule has 1 aliphatic carbocycles. The second kappa shape index (κ2) is 5.30. The fourth-order valence-corrected chi connectivity index (χ4v) is 5.54. The lowest BCUT2D eigenvalue weighted by molar-refractivity contribution is 0.400. The second-order valence-electron chi connectivity index (χ2n) is 4.64. The Labute approximate surface area is 126 Å². The summed E-state index contributed by atoms with van der Waals surface area (Å²) in [4.78, 5) is 0.426. The van der Waals surface area contributed by atoms with E-state index in [1.54, 1.807) is 21.7 Å². The quantitative estimate of drug-likeness (QED) is 0.849. The number of rotatable bonds is 5. The number of sulfonamides is 1. The van der Waals surface area contributed by atoms with Crippen LogP contribution < -0.4 is 0 Å². The maximum Gasteiger partial charge on any atom is 0.253 e. The average Bonchev–Trinajstić information content (AvgIpc) is 2.96. The second-order valence-corrected chi connectivity index (χ2v) is 8.62. The molecule has 0 radical (unpaired) electrons. The van der Waals surface area contributed by atoms with E-state index >= 15 is 0 Å². The molecular weight excluding hydrogens is 312 g/mol. The van der Waals surface area contributed by atoms with Crippen LogP contribution in [-0.4, -0.2) is 18.8 Å². The van der Waals surface area contributed by atoms with Crippen LogP contribution in [0.3, 0.4) is 0 Å². The molecular formula is C13H12N2O2S3. The molecule has 2 aromatic heterocycles. The highest BCUT2D eigenvalue weighted by Crippen LogP contribution is 2.35. The highest BCUT2D eigenvalue weighted by molar-refractivity contribution is 7.91. The topological polar surface area (TPSA) is 61.2 Å². The van der Waals surface area contributed by atoms with Gasteiger partial charge in [0.05, 0.1) is 0 Å². The van der Waals surface area contributed by atoms with Crippen molar-refractivity contribution in [1.29, 1.82) is 5.26 Å². The lowest BCUT2D eigenvalue weighted by atomic mass is 10.3. The van der Waals surface area contributed by atoms with Crippen LogP contribution in [0.4, 0.5) is 0 Å². The van der Waals surface area contributed by atoms with Crippen LogP contribution >= 0.6 is 22.7 Å². The molecule has 1 fully saturated rings. The largest absolute Gasteiger partial charge is 0.253 e. The van der Waals surface area contributed by atoms with Gasteiger partial charge in [0.1, 0.15) is 15.2 Å². The number of nitriles is 1. The van der Waals surface area contributed by atoms with E-state index in [-0.39, 0.29) is 10.3 Å². The number of hydrogen-bond donors (Lipinski definition) is 0. The van der Waals surface area contributed by atoms with Crippen molar-refractivity contribution in [1.82, 2.24) is 4.31 Å². The molecule has 1 aliphatic rings. The molecule has 0 spiro atoms. The summed E-state index contributed by atoms with van der Waals surface area (Å²) in [5, 5.41) is 12.8. The molecule has 2 heterocycles. The SMILES string of the molecule is N#Cc1ccc(S(=O)(=O)N(Cc2ccsc2)C2CC2)s1. The summed E-state index contributed by atoms with van der Waals surface area (Å²) in [5.74, 6) is 0. The highest BCUT2D eigenvalue weighted by Gasteiger charge is 2.38. The zero-order valence-corrected chi connectivity index (χ0v) is 13.0. The van der Waals surface area contributed by atoms with Crippen molar-refractivity contribution in [3.8, 4) is 6.07 Å². The molecule has 7 heteroatoms. The molecule has 3 rings (SSSR count). The number of nitrogens with zero attached hydrogens (tertiary/aromatic N) is 2. The molecule has 1 saturated carbocycles. The van der Waals surface area contributed by atoms with Crippen LogP contribution in [0.1, 0.15) is 23.3 Å². The van der Waals surface area contributed by atoms with Crippen molar-refractivity contribution in [2.45, 2.75) is 29.6 Å². The van der Waals surface area contributed by atoms with E-state index in [9.17, 15) is 8.42 Å². The minimum Gasteiger partial charge on any atom is -0.206 e. The van der Waals surface area contributed by atoms with Gasteiger partial charge in [-0.15, -0.1) is 11.3 Å². The summed E-state index contributed by atoms with van der Waals surface area (Å²) in [6, 6.07) is 7.13. The van der Waals surface area contributed by atoms with E-state index in [2.05, 4.69) is 0 Å². The number of thiophene rings is 2. The van der Waals surface area contributed by atoms with Gasteiger partial charge in [0.25, 0.3) is 10.0 Å². The van der Waals surface area contributed by atoms with Crippen molar-refractivity contribution in [2.24, 2.45) is 0 Å². The summed E-state index contributed by atoms with van der Waals surface area (Å²) < 4.78 is 27.2. The van der Waals surface area contributed by atoms with Gasteiger partial charge in [0.15, 0.2) is 0 Å². The maximum absolute atomic E-state index is 12.7. The zero-order valence-electron chi connectivity index (χ0n) is 10.5. The Morgan fingerprint density at radius 3 is 2.70 bits per heavy atom. The first-order valence-electron chi connectivity index (χ1n) is 6.14. The molecule has 0 bridgehead atoms. The third kappa shape index (κ3) is 2.65. The Bertz CT molecular complexity index is 737. The monoisotopic (exact) mass is 324 g/mol. The molecule has 0 saturated heterocycles. The van der Waals surface area contributed by atoms with Crippen LogP contribution in [-0.2, 0) is 16.6 Å². The smallest absolute Gasteiger partial charge is 0.206 e. The van der Waals surface area contributed by atoms with Gasteiger partial charge in [-0.1, -0.05) is 0 Å². The Kier molecular flexibility index (Phi) is 3.65. The molecule has 0 atom stereocenters. The van der Waals surface area contributed by atoms with E-state index in [0.717, 1.165) is 29.7 Å². The molecule has 4 nitrogen and oxygen atoms in total. The molecule has 2 aromatic rings. The van der Waals surface area contributed by atoms with Gasteiger partial charge >= 0.3 is 0 Å². The average molecular weight is 324 g/mol. The lowest BCUT2D eigenvalue weighted by Crippen LogP contribution is -2.32. The van der Waals surface area contributed by atoms with Gasteiger partial charge in [-0.2, -0.15) is 20.9 Å². The number of hydrogen-bond acceptors (Lipinski definition) is 5. The summed E-state index contributed by atoms with van der Waals surface area (Å²) in [5.41, 5.74) is 1.02. The van der Waals surface area contributed by atoms with Crippen molar-refractivity contribution in [2.75, 3.05) is 0 Å². The molecule has 104 valence electrons. The van der Waals surface area contributed by atoms with Gasteiger partial charge in [0, 0.05) is 12.6 Å². The van der Waals surface area contributed by atoms with Gasteiger partial charge in [-0.05, 0) is 47.4 Å². The summed E-state index contributed by atoms with van der Waals surface area (Å²) in [6.45, 7) is 0.413. The molecule has 0 aliphatic heterocycles. The van der Waals surface area contributed by atoms with E-state index in [1.807, 2.05) is 22.9 Å². The standard InChI is InChI=1S/C13H12N2O2S3/c14-7-12-3-4-13(19-12)20(16,17)15(11-1-2-11)8-10-5-6-18-9-10/h3-6,9,11H,1-2,8H2. The van der Waals surface area contributed by atoms with Crippen molar-refractivity contribution in [3.05, 3.63) is 39.4 Å². The minimum atomic E-state index is -3.50. The van der Waals surface area contributed by atoms with Crippen LogP contribution in [0, 0.1) is 11.3 Å². The Hall–Kier alpha value is -1.20. The molecule has 0 N–H and O–H groups in total. The van der Waals surface area contributed by atoms with Crippen molar-refractivity contribution >= 4 is 32.7 Å². The molecule has 0 aromatic carbocycles. The molecule has 0 amide bonds. The predicted molar refractivity (Wildman–Crippen MR) is 79.1 cm³/mol. The Morgan fingerprint density at radius 1 is 1.35 bits per heavy atom. The molecule has 0 unspecified atom stereocenters. The highest BCUT2D eigenvalue weighted by atomic mass is 32.2. The van der Waals surface area contributed by atoms with Crippen LogP contribution in [0.2, 0.25) is 0 Å². The Balaban J connectivity index is 1.92. The zero-order chi connectivity index (χ0) is 14.2. The van der Waals surface area contributed by atoms with Gasteiger partial charge in [0.2, 0.25) is 0 Å². The fourth-order valence-electron chi connectivity index (χ4n) is 1.97. The predicted octanol–water partition coefficient (Wildman–Crippen LogP) is 3.03. The molecule has 20 heavy (non-hydrogen) atoms. The summed E-state index contributed by atoms with van der Waals surface area (Å²) in [7, 11) is -3.50. The van der Waals surface area contributed by atoms with Gasteiger partial charge in [-0.25, -0.2) is 8.42 Å². The van der Waals surface area contributed by atoms with Crippen LogP contribution in [0.25, 0.3) is 0 Å². The first-order chi connectivity index (χ1) is 9.61. The first-order valence-corrected chi connectivity index (χ1v) is 9.34. The van der Waals surface area contributed by atoms with Gasteiger partial charge < -0.3 is 0 Å². The van der Waals surface area contributed by atoms with Gasteiger partial charge in [-0.3, -0.25) is 0 Å². The first kappa shape index (κ1) is 13.8. The summed E-state index contributed by atoms with van der Waals surface area (Å²) in [6.07, 6.45) is 1.83. The van der Waals surface area contributed by atoms with E-state index in [4.69, 9.17) is 5.26 Å². The summed E-state index contributed by atoms with van der Waals surface area (Å²) >= 11 is 2.60. The minimum absolute atomic E-state index is 0.104. The van der Waals surface area contributed by atoms with E-state index < -0.39 is 10.0 Å².